The molecule has 0 saturated heterocycles. The van der Waals surface area contributed by atoms with Gasteiger partial charge in [-0.25, -0.2) is 13.2 Å². The highest BCUT2D eigenvalue weighted by atomic mass is 32.2. The number of nitrogen functional groups attached to an aromatic ring is 1. The van der Waals surface area contributed by atoms with Crippen molar-refractivity contribution in [3.05, 3.63) is 83.9 Å². The van der Waals surface area contributed by atoms with Crippen LogP contribution in [0.5, 0.6) is 0 Å². The van der Waals surface area contributed by atoms with E-state index in [0.29, 0.717) is 11.3 Å². The van der Waals surface area contributed by atoms with Crippen molar-refractivity contribution in [3.63, 3.8) is 0 Å². The molecular weight excluding hydrogens is 458 g/mol. The van der Waals surface area contributed by atoms with Crippen LogP contribution in [0.25, 0.3) is 0 Å². The Labute approximate surface area is 197 Å². The van der Waals surface area contributed by atoms with E-state index in [-0.39, 0.29) is 27.6 Å². The van der Waals surface area contributed by atoms with E-state index in [2.05, 4.69) is 10.0 Å². The predicted molar refractivity (Wildman–Crippen MR) is 128 cm³/mol. The molecule has 176 valence electrons. The van der Waals surface area contributed by atoms with Crippen LogP contribution < -0.4 is 15.8 Å². The minimum Gasteiger partial charge on any atom is -0.449 e. The van der Waals surface area contributed by atoms with Crippen LogP contribution in [0.2, 0.25) is 0 Å². The van der Waals surface area contributed by atoms with Crippen LogP contribution in [0.15, 0.2) is 77.7 Å². The highest BCUT2D eigenvalue weighted by Crippen LogP contribution is 2.22. The lowest BCUT2D eigenvalue weighted by molar-refractivity contribution is -0.123. The first-order chi connectivity index (χ1) is 16.1. The third-order valence-corrected chi connectivity index (χ3v) is 6.13. The first-order valence-corrected chi connectivity index (χ1v) is 11.7. The molecule has 0 aromatic heterocycles. The fourth-order valence-electron chi connectivity index (χ4n) is 2.95. The van der Waals surface area contributed by atoms with Gasteiger partial charge in [0, 0.05) is 16.9 Å². The number of benzene rings is 3. The standard InChI is InChI=1S/C24H23N3O6S/c1-15(28)17-10-12-19(13-11-17)26-23(29)16(2)33-24(30)21-8-3-4-9-22(21)27-34(31,32)20-7-5-6-18(25)14-20/h3-14,16,27H,25H2,1-2H3,(H,26,29). The highest BCUT2D eigenvalue weighted by molar-refractivity contribution is 7.92. The van der Waals surface area contributed by atoms with Gasteiger partial charge in [0.25, 0.3) is 15.9 Å². The minimum absolute atomic E-state index is 0.0117. The summed E-state index contributed by atoms with van der Waals surface area (Å²) < 4.78 is 33.1. The number of nitrogens with one attached hydrogen (secondary N) is 2. The van der Waals surface area contributed by atoms with Gasteiger partial charge in [0.1, 0.15) is 0 Å². The van der Waals surface area contributed by atoms with Crippen molar-refractivity contribution in [1.29, 1.82) is 0 Å². The first kappa shape index (κ1) is 24.5. The molecule has 0 aliphatic rings. The molecule has 3 aromatic carbocycles. The summed E-state index contributed by atoms with van der Waals surface area (Å²) in [5, 5.41) is 2.59. The van der Waals surface area contributed by atoms with Gasteiger partial charge in [-0.05, 0) is 68.4 Å². The number of hydrogen-bond donors (Lipinski definition) is 3. The molecule has 0 bridgehead atoms. The number of para-hydroxylation sites is 1. The molecule has 1 unspecified atom stereocenters. The van der Waals surface area contributed by atoms with Crippen molar-refractivity contribution >= 4 is 44.7 Å². The summed E-state index contributed by atoms with van der Waals surface area (Å²) in [5.74, 6) is -1.59. The third-order valence-electron chi connectivity index (χ3n) is 4.77. The number of hydrogen-bond acceptors (Lipinski definition) is 7. The van der Waals surface area contributed by atoms with Crippen LogP contribution in [0, 0.1) is 0 Å². The smallest absolute Gasteiger partial charge is 0.341 e. The van der Waals surface area contributed by atoms with E-state index in [4.69, 9.17) is 10.5 Å². The summed E-state index contributed by atoms with van der Waals surface area (Å²) in [6.07, 6.45) is -1.18. The Bertz CT molecular complexity index is 1340. The van der Waals surface area contributed by atoms with E-state index >= 15 is 0 Å². The van der Waals surface area contributed by atoms with E-state index in [1.54, 1.807) is 36.4 Å². The molecule has 1 amide bonds. The fraction of sp³-hybridized carbons (Fsp3) is 0.125. The van der Waals surface area contributed by atoms with Gasteiger partial charge in [0.15, 0.2) is 11.9 Å². The highest BCUT2D eigenvalue weighted by Gasteiger charge is 2.23. The monoisotopic (exact) mass is 481 g/mol. The Hall–Kier alpha value is -4.18. The van der Waals surface area contributed by atoms with Crippen LogP contribution in [-0.2, 0) is 19.6 Å². The Morgan fingerprint density at radius 1 is 0.941 bits per heavy atom. The van der Waals surface area contributed by atoms with Gasteiger partial charge in [0.2, 0.25) is 0 Å². The summed E-state index contributed by atoms with van der Waals surface area (Å²) in [5.41, 5.74) is 6.77. The van der Waals surface area contributed by atoms with Crippen molar-refractivity contribution in [1.82, 2.24) is 0 Å². The molecule has 9 nitrogen and oxygen atoms in total. The first-order valence-electron chi connectivity index (χ1n) is 10.2. The van der Waals surface area contributed by atoms with Gasteiger partial charge in [-0.3, -0.25) is 14.3 Å². The van der Waals surface area contributed by atoms with Crippen molar-refractivity contribution in [2.24, 2.45) is 0 Å². The Morgan fingerprint density at radius 2 is 1.62 bits per heavy atom. The second kappa shape index (κ2) is 10.2. The maximum atomic E-state index is 12.7. The van der Waals surface area contributed by atoms with Gasteiger partial charge in [-0.2, -0.15) is 0 Å². The molecule has 34 heavy (non-hydrogen) atoms. The number of carbonyl (C=O) groups is 3. The second-order valence-electron chi connectivity index (χ2n) is 7.39. The number of sulfonamides is 1. The zero-order chi connectivity index (χ0) is 24.9. The van der Waals surface area contributed by atoms with Crippen LogP contribution in [0.3, 0.4) is 0 Å². The van der Waals surface area contributed by atoms with Gasteiger partial charge in [0.05, 0.1) is 16.1 Å². The average molecular weight is 482 g/mol. The zero-order valence-corrected chi connectivity index (χ0v) is 19.3. The number of ketones is 1. The molecular formula is C24H23N3O6S. The molecule has 3 rings (SSSR count). The lowest BCUT2D eigenvalue weighted by Crippen LogP contribution is -2.30. The van der Waals surface area contributed by atoms with Crippen molar-refractivity contribution in [2.45, 2.75) is 24.8 Å². The number of amides is 1. The quantitative estimate of drug-likeness (QED) is 0.254. The molecule has 4 N–H and O–H groups in total. The lowest BCUT2D eigenvalue weighted by atomic mass is 10.1. The van der Waals surface area contributed by atoms with E-state index in [1.807, 2.05) is 0 Å². The molecule has 0 aliphatic heterocycles. The number of nitrogens with two attached hydrogens (primary N) is 1. The zero-order valence-electron chi connectivity index (χ0n) is 18.4. The average Bonchev–Trinajstić information content (AvgIpc) is 2.79. The predicted octanol–water partition coefficient (Wildman–Crippen LogP) is 3.46. The lowest BCUT2D eigenvalue weighted by Gasteiger charge is -2.16. The molecule has 0 fully saturated rings. The molecule has 0 saturated carbocycles. The minimum atomic E-state index is -4.03. The van der Waals surface area contributed by atoms with E-state index < -0.39 is 28.0 Å². The molecule has 0 spiro atoms. The summed E-state index contributed by atoms with van der Waals surface area (Å²) in [7, 11) is -4.03. The van der Waals surface area contributed by atoms with Gasteiger partial charge in [-0.15, -0.1) is 0 Å². The summed E-state index contributed by atoms with van der Waals surface area (Å²) in [6.45, 7) is 2.82. The van der Waals surface area contributed by atoms with Crippen molar-refractivity contribution < 1.29 is 27.5 Å². The van der Waals surface area contributed by atoms with Crippen LogP contribution in [-0.4, -0.2) is 32.2 Å². The molecule has 0 radical (unpaired) electrons. The summed E-state index contributed by atoms with van der Waals surface area (Å²) in [6, 6.07) is 17.8. The Balaban J connectivity index is 1.71. The fourth-order valence-corrected chi connectivity index (χ4v) is 4.08. The van der Waals surface area contributed by atoms with Gasteiger partial charge < -0.3 is 15.8 Å². The van der Waals surface area contributed by atoms with E-state index in [1.165, 1.54) is 50.2 Å². The van der Waals surface area contributed by atoms with Gasteiger partial charge >= 0.3 is 5.97 Å². The van der Waals surface area contributed by atoms with Crippen molar-refractivity contribution in [3.8, 4) is 0 Å². The molecule has 0 heterocycles. The van der Waals surface area contributed by atoms with Crippen molar-refractivity contribution in [2.75, 3.05) is 15.8 Å². The maximum absolute atomic E-state index is 12.7. The number of rotatable bonds is 8. The largest absolute Gasteiger partial charge is 0.449 e. The molecule has 3 aromatic rings. The SMILES string of the molecule is CC(=O)c1ccc(NC(=O)C(C)OC(=O)c2ccccc2NS(=O)(=O)c2cccc(N)c2)cc1. The van der Waals surface area contributed by atoms with E-state index in [0.717, 1.165) is 0 Å². The summed E-state index contributed by atoms with van der Waals surface area (Å²) >= 11 is 0. The normalized spacial score (nSPS) is 11.8. The van der Waals surface area contributed by atoms with Crippen LogP contribution in [0.4, 0.5) is 17.1 Å². The van der Waals surface area contributed by atoms with Crippen LogP contribution >= 0.6 is 0 Å². The number of anilines is 3. The summed E-state index contributed by atoms with van der Waals surface area (Å²) in [4.78, 5) is 36.5. The van der Waals surface area contributed by atoms with E-state index in [9.17, 15) is 22.8 Å². The second-order valence-corrected chi connectivity index (χ2v) is 9.08. The van der Waals surface area contributed by atoms with Crippen LogP contribution in [0.1, 0.15) is 34.6 Å². The number of esters is 1. The third kappa shape index (κ3) is 5.99. The number of carbonyl (C=O) groups excluding carboxylic acids is 3. The molecule has 10 heteroatoms. The maximum Gasteiger partial charge on any atom is 0.341 e. The number of Topliss-reactive ketones (excluding diaryl/α,β-unsaturated/α-hetero) is 1. The Kier molecular flexibility index (Phi) is 7.32. The Morgan fingerprint density at radius 3 is 2.26 bits per heavy atom. The topological polar surface area (TPSA) is 145 Å². The molecule has 0 aliphatic carbocycles. The number of ether oxygens (including phenoxy) is 1. The van der Waals surface area contributed by atoms with Gasteiger partial charge in [-0.1, -0.05) is 18.2 Å². The molecule has 1 atom stereocenters.